The second-order valence-electron chi connectivity index (χ2n) is 5.22. The minimum atomic E-state index is -0.802. The number of carbonyl (C=O) groups excluding carboxylic acids is 1. The molecule has 1 aliphatic heterocycles. The van der Waals surface area contributed by atoms with E-state index in [1.807, 2.05) is 19.1 Å². The maximum Gasteiger partial charge on any atom is 0.317 e. The molecule has 1 fully saturated rings. The molecule has 1 aliphatic rings. The van der Waals surface area contributed by atoms with Crippen LogP contribution in [0, 0.1) is 12.8 Å². The number of carbonyl (C=O) groups is 2. The average molecular weight is 280 g/mol. The first-order valence-corrected chi connectivity index (χ1v) is 6.84. The van der Waals surface area contributed by atoms with E-state index in [-0.39, 0.29) is 18.4 Å². The van der Waals surface area contributed by atoms with E-state index in [0.717, 1.165) is 24.4 Å². The first kappa shape index (κ1) is 14.4. The number of carboxylic acid groups (broad SMARTS) is 1. The number of nitrogens with one attached hydrogen (secondary N) is 1. The highest BCUT2D eigenvalue weighted by Gasteiger charge is 2.25. The summed E-state index contributed by atoms with van der Waals surface area (Å²) in [5.74, 6) is 0.782. The minimum absolute atomic E-state index is 0.0536. The van der Waals surface area contributed by atoms with Gasteiger partial charge >= 0.3 is 12.0 Å². The molecule has 0 spiro atoms. The summed E-state index contributed by atoms with van der Waals surface area (Å²) in [6.07, 6.45) is 1.85. The Kier molecular flexibility index (Phi) is 4.65. The Bertz CT molecular complexity index is 483. The maximum atomic E-state index is 12.0. The number of urea groups is 1. The highest BCUT2D eigenvalue weighted by molar-refractivity contribution is 5.74. The number of carboxylic acids is 1. The maximum absolute atomic E-state index is 12.0. The van der Waals surface area contributed by atoms with Crippen LogP contribution in [0.5, 0.6) is 0 Å². The quantitative estimate of drug-likeness (QED) is 0.883. The molecule has 0 aromatic carbocycles. The van der Waals surface area contributed by atoms with Crippen molar-refractivity contribution in [3.8, 4) is 0 Å². The second kappa shape index (κ2) is 6.45. The fraction of sp³-hybridized carbons (Fsp3) is 0.571. The van der Waals surface area contributed by atoms with Gasteiger partial charge in [0.05, 0.1) is 6.54 Å². The standard InChI is InChI=1S/C14H20N2O4/c1-10-4-5-12(20-10)8-15-14(19)16-6-2-3-11(9-16)7-13(17)18/h4-5,11H,2-3,6-9H2,1H3,(H,15,19)(H,17,18). The summed E-state index contributed by atoms with van der Waals surface area (Å²) < 4.78 is 5.38. The van der Waals surface area contributed by atoms with Crippen LogP contribution in [-0.2, 0) is 11.3 Å². The summed E-state index contributed by atoms with van der Waals surface area (Å²) in [4.78, 5) is 24.4. The molecule has 0 bridgehead atoms. The number of hydrogen-bond acceptors (Lipinski definition) is 3. The fourth-order valence-corrected chi connectivity index (χ4v) is 2.52. The fourth-order valence-electron chi connectivity index (χ4n) is 2.52. The van der Waals surface area contributed by atoms with E-state index in [1.165, 1.54) is 0 Å². The Balaban J connectivity index is 1.81. The predicted molar refractivity (Wildman–Crippen MR) is 72.2 cm³/mol. The zero-order valence-electron chi connectivity index (χ0n) is 11.6. The smallest absolute Gasteiger partial charge is 0.317 e. The SMILES string of the molecule is Cc1ccc(CNC(=O)N2CCCC(CC(=O)O)C2)o1. The summed E-state index contributed by atoms with van der Waals surface area (Å²) in [7, 11) is 0. The van der Waals surface area contributed by atoms with Gasteiger partial charge in [0.25, 0.3) is 0 Å². The van der Waals surface area contributed by atoms with Gasteiger partial charge in [-0.2, -0.15) is 0 Å². The van der Waals surface area contributed by atoms with E-state index in [2.05, 4.69) is 5.32 Å². The Labute approximate surface area is 117 Å². The Morgan fingerprint density at radius 1 is 1.50 bits per heavy atom. The lowest BCUT2D eigenvalue weighted by molar-refractivity contribution is -0.138. The number of hydrogen-bond donors (Lipinski definition) is 2. The van der Waals surface area contributed by atoms with Gasteiger partial charge in [0.15, 0.2) is 0 Å². The zero-order chi connectivity index (χ0) is 14.5. The molecule has 1 aromatic heterocycles. The van der Waals surface area contributed by atoms with Crippen LogP contribution in [0.1, 0.15) is 30.8 Å². The van der Waals surface area contributed by atoms with E-state index < -0.39 is 5.97 Å². The van der Waals surface area contributed by atoms with Gasteiger partial charge in [-0.25, -0.2) is 4.79 Å². The van der Waals surface area contributed by atoms with Crippen molar-refractivity contribution in [1.82, 2.24) is 10.2 Å². The van der Waals surface area contributed by atoms with E-state index in [0.29, 0.717) is 19.6 Å². The number of likely N-dealkylation sites (tertiary alicyclic amines) is 1. The molecule has 6 heteroatoms. The van der Waals surface area contributed by atoms with E-state index in [1.54, 1.807) is 4.90 Å². The molecule has 1 unspecified atom stereocenters. The lowest BCUT2D eigenvalue weighted by Crippen LogP contribution is -2.45. The van der Waals surface area contributed by atoms with Crippen molar-refractivity contribution < 1.29 is 19.1 Å². The van der Waals surface area contributed by atoms with Crippen molar-refractivity contribution >= 4 is 12.0 Å². The minimum Gasteiger partial charge on any atom is -0.481 e. The number of nitrogens with zero attached hydrogens (tertiary/aromatic N) is 1. The molecule has 1 aromatic rings. The van der Waals surface area contributed by atoms with Gasteiger partial charge in [-0.15, -0.1) is 0 Å². The second-order valence-corrected chi connectivity index (χ2v) is 5.22. The van der Waals surface area contributed by atoms with Crippen LogP contribution >= 0.6 is 0 Å². The third-order valence-corrected chi connectivity index (χ3v) is 3.48. The van der Waals surface area contributed by atoms with Crippen molar-refractivity contribution in [3.05, 3.63) is 23.7 Å². The first-order valence-electron chi connectivity index (χ1n) is 6.84. The molecular formula is C14H20N2O4. The Hall–Kier alpha value is -1.98. The van der Waals surface area contributed by atoms with Gasteiger partial charge in [-0.1, -0.05) is 0 Å². The van der Waals surface area contributed by atoms with Crippen LogP contribution in [0.2, 0.25) is 0 Å². The van der Waals surface area contributed by atoms with Gasteiger partial charge in [-0.05, 0) is 37.8 Å². The predicted octanol–water partition coefficient (Wildman–Crippen LogP) is 1.98. The normalized spacial score (nSPS) is 18.9. The molecule has 1 saturated heterocycles. The first-order chi connectivity index (χ1) is 9.54. The average Bonchev–Trinajstić information content (AvgIpc) is 2.81. The van der Waals surface area contributed by atoms with Crippen molar-refractivity contribution in [1.29, 1.82) is 0 Å². The number of rotatable bonds is 4. The molecule has 0 saturated carbocycles. The third kappa shape index (κ3) is 4.01. The zero-order valence-corrected chi connectivity index (χ0v) is 11.6. The molecule has 0 radical (unpaired) electrons. The third-order valence-electron chi connectivity index (χ3n) is 3.48. The molecule has 20 heavy (non-hydrogen) atoms. The molecule has 2 rings (SSSR count). The van der Waals surface area contributed by atoms with Crippen LogP contribution in [-0.4, -0.2) is 35.1 Å². The monoisotopic (exact) mass is 280 g/mol. The molecule has 0 aliphatic carbocycles. The number of aryl methyl sites for hydroxylation is 1. The number of amides is 2. The summed E-state index contributed by atoms with van der Waals surface area (Å²) in [6.45, 7) is 3.40. The van der Waals surface area contributed by atoms with Crippen LogP contribution in [0.3, 0.4) is 0 Å². The largest absolute Gasteiger partial charge is 0.481 e. The topological polar surface area (TPSA) is 82.8 Å². The van der Waals surface area contributed by atoms with Gasteiger partial charge in [0, 0.05) is 19.5 Å². The van der Waals surface area contributed by atoms with E-state index in [4.69, 9.17) is 9.52 Å². The van der Waals surface area contributed by atoms with Crippen molar-refractivity contribution in [2.45, 2.75) is 32.7 Å². The highest BCUT2D eigenvalue weighted by atomic mass is 16.4. The van der Waals surface area contributed by atoms with Gasteiger partial charge in [0.2, 0.25) is 0 Å². The summed E-state index contributed by atoms with van der Waals surface area (Å²) in [6, 6.07) is 3.53. The Morgan fingerprint density at radius 3 is 2.95 bits per heavy atom. The van der Waals surface area contributed by atoms with Crippen molar-refractivity contribution in [2.75, 3.05) is 13.1 Å². The van der Waals surface area contributed by atoms with Crippen LogP contribution < -0.4 is 5.32 Å². The number of aliphatic carboxylic acids is 1. The molecule has 2 N–H and O–H groups in total. The summed E-state index contributed by atoms with van der Waals surface area (Å²) in [5, 5.41) is 11.6. The molecule has 110 valence electrons. The highest BCUT2D eigenvalue weighted by Crippen LogP contribution is 2.19. The van der Waals surface area contributed by atoms with Crippen molar-refractivity contribution in [3.63, 3.8) is 0 Å². The van der Waals surface area contributed by atoms with Gasteiger partial charge in [-0.3, -0.25) is 4.79 Å². The summed E-state index contributed by atoms with van der Waals surface area (Å²) >= 11 is 0. The molecular weight excluding hydrogens is 260 g/mol. The molecule has 1 atom stereocenters. The van der Waals surface area contributed by atoms with E-state index >= 15 is 0 Å². The summed E-state index contributed by atoms with van der Waals surface area (Å²) in [5.41, 5.74) is 0. The molecule has 2 heterocycles. The van der Waals surface area contributed by atoms with Crippen molar-refractivity contribution in [2.24, 2.45) is 5.92 Å². The van der Waals surface area contributed by atoms with Gasteiger partial charge in [0.1, 0.15) is 11.5 Å². The van der Waals surface area contributed by atoms with Crippen LogP contribution in [0.15, 0.2) is 16.5 Å². The van der Waals surface area contributed by atoms with Gasteiger partial charge < -0.3 is 19.7 Å². The molecule has 2 amide bonds. The van der Waals surface area contributed by atoms with E-state index in [9.17, 15) is 9.59 Å². The van der Waals surface area contributed by atoms with Crippen LogP contribution in [0.25, 0.3) is 0 Å². The Morgan fingerprint density at radius 2 is 2.30 bits per heavy atom. The van der Waals surface area contributed by atoms with Crippen LogP contribution in [0.4, 0.5) is 4.79 Å². The lowest BCUT2D eigenvalue weighted by Gasteiger charge is -2.32. The lowest BCUT2D eigenvalue weighted by atomic mass is 9.95. The molecule has 6 nitrogen and oxygen atoms in total. The number of furan rings is 1. The number of piperidine rings is 1.